The maximum atomic E-state index is 10.5. The van der Waals surface area contributed by atoms with Crippen molar-refractivity contribution in [1.82, 2.24) is 9.80 Å². The molecule has 4 nitrogen and oxygen atoms in total. The van der Waals surface area contributed by atoms with Gasteiger partial charge in [0.05, 0.1) is 13.2 Å². The summed E-state index contributed by atoms with van der Waals surface area (Å²) in [5.41, 5.74) is 2.04. The van der Waals surface area contributed by atoms with Gasteiger partial charge < -0.3 is 14.7 Å². The van der Waals surface area contributed by atoms with Crippen LogP contribution in [0.15, 0.2) is 18.2 Å². The zero-order valence-electron chi connectivity index (χ0n) is 12.8. The molecule has 4 heteroatoms. The van der Waals surface area contributed by atoms with Gasteiger partial charge in [0.15, 0.2) is 0 Å². The second kappa shape index (κ2) is 7.07. The number of β-amino-alcohol motifs (C(OH)–C–C–N with tert-alkyl or cyclic N) is 1. The minimum Gasteiger partial charge on any atom is -0.496 e. The van der Waals surface area contributed by atoms with E-state index in [4.69, 9.17) is 4.74 Å². The number of likely N-dealkylation sites (N-methyl/N-ethyl adjacent to an activating group) is 1. The average Bonchev–Trinajstić information content (AvgIpc) is 2.63. The van der Waals surface area contributed by atoms with Crippen molar-refractivity contribution in [2.45, 2.75) is 19.4 Å². The van der Waals surface area contributed by atoms with Gasteiger partial charge in [-0.3, -0.25) is 4.90 Å². The van der Waals surface area contributed by atoms with Gasteiger partial charge in [-0.05, 0) is 45.6 Å². The Hall–Kier alpha value is -1.10. The molecule has 0 spiro atoms. The summed E-state index contributed by atoms with van der Waals surface area (Å²) in [6.07, 6.45) is 0.669. The molecule has 0 saturated carbocycles. The lowest BCUT2D eigenvalue weighted by molar-refractivity contribution is 0.113. The highest BCUT2D eigenvalue weighted by atomic mass is 16.5. The SMILES string of the molecule is COc1ccc(C)cc1C(O)CN1CCCN(C)CC1. The quantitative estimate of drug-likeness (QED) is 0.909. The maximum absolute atomic E-state index is 10.5. The van der Waals surface area contributed by atoms with Gasteiger partial charge in [-0.25, -0.2) is 0 Å². The zero-order valence-corrected chi connectivity index (χ0v) is 12.8. The van der Waals surface area contributed by atoms with Crippen molar-refractivity contribution in [3.63, 3.8) is 0 Å². The number of aryl methyl sites for hydroxylation is 1. The van der Waals surface area contributed by atoms with Crippen molar-refractivity contribution < 1.29 is 9.84 Å². The monoisotopic (exact) mass is 278 g/mol. The Bertz CT molecular complexity index is 436. The van der Waals surface area contributed by atoms with Crippen molar-refractivity contribution in [3.05, 3.63) is 29.3 Å². The second-order valence-electron chi connectivity index (χ2n) is 5.72. The Morgan fingerprint density at radius 3 is 2.80 bits per heavy atom. The Balaban J connectivity index is 2.03. The Morgan fingerprint density at radius 2 is 2.05 bits per heavy atom. The van der Waals surface area contributed by atoms with Crippen LogP contribution >= 0.6 is 0 Å². The van der Waals surface area contributed by atoms with Gasteiger partial charge in [0.25, 0.3) is 0 Å². The molecule has 1 heterocycles. The van der Waals surface area contributed by atoms with Gasteiger partial charge in [-0.2, -0.15) is 0 Å². The fourth-order valence-corrected chi connectivity index (χ4v) is 2.74. The molecule has 1 N–H and O–H groups in total. The molecule has 1 atom stereocenters. The highest BCUT2D eigenvalue weighted by Crippen LogP contribution is 2.27. The number of hydrogen-bond acceptors (Lipinski definition) is 4. The van der Waals surface area contributed by atoms with E-state index in [1.165, 1.54) is 0 Å². The van der Waals surface area contributed by atoms with E-state index in [1.807, 2.05) is 25.1 Å². The third-order valence-corrected chi connectivity index (χ3v) is 3.99. The van der Waals surface area contributed by atoms with Crippen LogP contribution in [0.4, 0.5) is 0 Å². The largest absolute Gasteiger partial charge is 0.496 e. The van der Waals surface area contributed by atoms with E-state index >= 15 is 0 Å². The molecule has 0 bridgehead atoms. The molecular formula is C16H26N2O2. The van der Waals surface area contributed by atoms with Gasteiger partial charge in [0.1, 0.15) is 5.75 Å². The lowest BCUT2D eigenvalue weighted by Gasteiger charge is -2.24. The summed E-state index contributed by atoms with van der Waals surface area (Å²) in [5, 5.41) is 10.5. The Kier molecular flexibility index (Phi) is 5.40. The topological polar surface area (TPSA) is 35.9 Å². The van der Waals surface area contributed by atoms with Gasteiger partial charge >= 0.3 is 0 Å². The lowest BCUT2D eigenvalue weighted by Crippen LogP contribution is -2.32. The van der Waals surface area contributed by atoms with E-state index in [2.05, 4.69) is 16.8 Å². The first-order chi connectivity index (χ1) is 9.60. The number of methoxy groups -OCH3 is 1. The van der Waals surface area contributed by atoms with E-state index < -0.39 is 6.10 Å². The molecule has 1 fully saturated rings. The standard InChI is InChI=1S/C16H26N2O2/c1-13-5-6-16(20-3)14(11-13)15(19)12-18-8-4-7-17(2)9-10-18/h5-6,11,15,19H,4,7-10,12H2,1-3H3. The van der Waals surface area contributed by atoms with E-state index in [9.17, 15) is 5.11 Å². The van der Waals surface area contributed by atoms with E-state index in [-0.39, 0.29) is 0 Å². The Morgan fingerprint density at radius 1 is 1.25 bits per heavy atom. The van der Waals surface area contributed by atoms with Crippen LogP contribution in [-0.4, -0.2) is 61.8 Å². The average molecular weight is 278 g/mol. The molecule has 20 heavy (non-hydrogen) atoms. The van der Waals surface area contributed by atoms with Crippen LogP contribution in [0, 0.1) is 6.92 Å². The normalized spacial score (nSPS) is 19.6. The molecule has 0 radical (unpaired) electrons. The third-order valence-electron chi connectivity index (χ3n) is 3.99. The molecule has 0 aliphatic carbocycles. The van der Waals surface area contributed by atoms with Crippen LogP contribution in [0.25, 0.3) is 0 Å². The summed E-state index contributed by atoms with van der Waals surface area (Å²) in [6.45, 7) is 6.99. The molecular weight excluding hydrogens is 252 g/mol. The maximum Gasteiger partial charge on any atom is 0.124 e. The Labute approximate surface area is 122 Å². The summed E-state index contributed by atoms with van der Waals surface area (Å²) in [5.74, 6) is 0.773. The van der Waals surface area contributed by atoms with Gasteiger partial charge in [0, 0.05) is 25.2 Å². The molecule has 1 saturated heterocycles. The fourth-order valence-electron chi connectivity index (χ4n) is 2.74. The summed E-state index contributed by atoms with van der Waals surface area (Å²) >= 11 is 0. The van der Waals surface area contributed by atoms with Crippen molar-refractivity contribution in [1.29, 1.82) is 0 Å². The van der Waals surface area contributed by atoms with Crippen molar-refractivity contribution in [2.75, 3.05) is 46.9 Å². The minimum atomic E-state index is -0.492. The first-order valence-electron chi connectivity index (χ1n) is 7.33. The minimum absolute atomic E-state index is 0.492. The molecule has 2 rings (SSSR count). The lowest BCUT2D eigenvalue weighted by atomic mass is 10.0. The van der Waals surface area contributed by atoms with Gasteiger partial charge in [-0.15, -0.1) is 0 Å². The zero-order chi connectivity index (χ0) is 14.5. The van der Waals surface area contributed by atoms with Crippen LogP contribution in [0.1, 0.15) is 23.7 Å². The fraction of sp³-hybridized carbons (Fsp3) is 0.625. The number of rotatable bonds is 4. The smallest absolute Gasteiger partial charge is 0.124 e. The molecule has 1 aliphatic heterocycles. The van der Waals surface area contributed by atoms with Crippen LogP contribution in [0.3, 0.4) is 0 Å². The number of nitrogens with zero attached hydrogens (tertiary/aromatic N) is 2. The summed E-state index contributed by atoms with van der Waals surface area (Å²) in [7, 11) is 3.81. The highest BCUT2D eigenvalue weighted by Gasteiger charge is 2.19. The van der Waals surface area contributed by atoms with E-state index in [1.54, 1.807) is 7.11 Å². The van der Waals surface area contributed by atoms with Crippen molar-refractivity contribution >= 4 is 0 Å². The number of hydrogen-bond donors (Lipinski definition) is 1. The molecule has 1 unspecified atom stereocenters. The van der Waals surface area contributed by atoms with E-state index in [0.29, 0.717) is 6.54 Å². The van der Waals surface area contributed by atoms with Crippen LogP contribution in [0.2, 0.25) is 0 Å². The first-order valence-corrected chi connectivity index (χ1v) is 7.33. The van der Waals surface area contributed by atoms with E-state index in [0.717, 1.165) is 49.5 Å². The van der Waals surface area contributed by atoms with Crippen LogP contribution in [-0.2, 0) is 0 Å². The molecule has 0 amide bonds. The van der Waals surface area contributed by atoms with Crippen molar-refractivity contribution in [3.8, 4) is 5.75 Å². The van der Waals surface area contributed by atoms with Crippen molar-refractivity contribution in [2.24, 2.45) is 0 Å². The van der Waals surface area contributed by atoms with Crippen LogP contribution in [0.5, 0.6) is 5.75 Å². The predicted octanol–water partition coefficient (Wildman–Crippen LogP) is 1.67. The first kappa shape index (κ1) is 15.3. The summed E-state index contributed by atoms with van der Waals surface area (Å²) in [6, 6.07) is 5.97. The third kappa shape index (κ3) is 3.95. The summed E-state index contributed by atoms with van der Waals surface area (Å²) < 4.78 is 5.37. The summed E-state index contributed by atoms with van der Waals surface area (Å²) in [4.78, 5) is 4.69. The van der Waals surface area contributed by atoms with Gasteiger partial charge in [0.2, 0.25) is 0 Å². The molecule has 1 aromatic carbocycles. The number of benzene rings is 1. The second-order valence-corrected chi connectivity index (χ2v) is 5.72. The highest BCUT2D eigenvalue weighted by molar-refractivity contribution is 5.38. The number of aliphatic hydroxyl groups excluding tert-OH is 1. The molecule has 112 valence electrons. The van der Waals surface area contributed by atoms with Gasteiger partial charge in [-0.1, -0.05) is 11.6 Å². The molecule has 1 aliphatic rings. The number of aliphatic hydroxyl groups is 1. The number of ether oxygens (including phenoxy) is 1. The molecule has 0 aromatic heterocycles. The molecule has 1 aromatic rings. The van der Waals surface area contributed by atoms with Crippen LogP contribution < -0.4 is 4.74 Å². The predicted molar refractivity (Wildman–Crippen MR) is 81.2 cm³/mol.